The topological polar surface area (TPSA) is 53.7 Å². The molecule has 3 heterocycles. The number of fused-ring (bicyclic) bond motifs is 1. The van der Waals surface area contributed by atoms with E-state index < -0.39 is 0 Å². The molecular formula is C17H19FN4OS. The molecule has 0 spiro atoms. The van der Waals surface area contributed by atoms with Gasteiger partial charge in [0.05, 0.1) is 10.9 Å². The Morgan fingerprint density at radius 1 is 1.29 bits per heavy atom. The lowest BCUT2D eigenvalue weighted by Crippen LogP contribution is -2.26. The summed E-state index contributed by atoms with van der Waals surface area (Å²) in [5.41, 5.74) is 0.593. The van der Waals surface area contributed by atoms with E-state index in [1.54, 1.807) is 12.1 Å². The van der Waals surface area contributed by atoms with Crippen LogP contribution in [-0.4, -0.2) is 37.7 Å². The number of aromatic hydroxyl groups is 1. The fraction of sp³-hybridized carbons (Fsp3) is 0.412. The third kappa shape index (κ3) is 2.48. The zero-order valence-corrected chi connectivity index (χ0v) is 14.3. The van der Waals surface area contributed by atoms with Gasteiger partial charge in [-0.2, -0.15) is 4.52 Å². The van der Waals surface area contributed by atoms with Gasteiger partial charge >= 0.3 is 0 Å². The van der Waals surface area contributed by atoms with Crippen molar-refractivity contribution in [1.29, 1.82) is 0 Å². The number of likely N-dealkylation sites (tertiary alicyclic amines) is 1. The van der Waals surface area contributed by atoms with Gasteiger partial charge in [0.15, 0.2) is 5.82 Å². The second-order valence-electron chi connectivity index (χ2n) is 6.03. The fourth-order valence-electron chi connectivity index (χ4n) is 3.32. The Bertz CT molecular complexity index is 869. The van der Waals surface area contributed by atoms with Crippen molar-refractivity contribution < 1.29 is 9.50 Å². The van der Waals surface area contributed by atoms with Crippen LogP contribution in [0.1, 0.15) is 42.1 Å². The summed E-state index contributed by atoms with van der Waals surface area (Å²) in [5, 5.41) is 15.0. The van der Waals surface area contributed by atoms with Crippen molar-refractivity contribution in [1.82, 2.24) is 19.5 Å². The molecule has 1 fully saturated rings. The number of nitrogens with zero attached hydrogens (tertiary/aromatic N) is 4. The highest BCUT2D eigenvalue weighted by Gasteiger charge is 2.32. The SMILES string of the molecule is CCc1nc2sc([C@@H](c3ccccc3F)N3CCCC3)c(O)n2n1. The fourth-order valence-corrected chi connectivity index (χ4v) is 4.45. The molecule has 0 radical (unpaired) electrons. The second kappa shape index (κ2) is 6.14. The number of aromatic nitrogens is 3. The van der Waals surface area contributed by atoms with E-state index in [4.69, 9.17) is 0 Å². The molecule has 0 unspecified atom stereocenters. The first kappa shape index (κ1) is 15.5. The first-order valence-corrected chi connectivity index (χ1v) is 9.06. The van der Waals surface area contributed by atoms with Crippen molar-refractivity contribution in [3.63, 3.8) is 0 Å². The van der Waals surface area contributed by atoms with Gasteiger partial charge in [0, 0.05) is 12.0 Å². The maximum absolute atomic E-state index is 14.5. The van der Waals surface area contributed by atoms with Crippen LogP contribution in [0.4, 0.5) is 4.39 Å². The summed E-state index contributed by atoms with van der Waals surface area (Å²) in [6.07, 6.45) is 2.89. The van der Waals surface area contributed by atoms with Crippen LogP contribution in [0.5, 0.6) is 5.88 Å². The quantitative estimate of drug-likeness (QED) is 0.787. The van der Waals surface area contributed by atoms with E-state index in [0.29, 0.717) is 27.6 Å². The first-order valence-electron chi connectivity index (χ1n) is 8.24. The molecule has 0 amide bonds. The molecule has 1 N–H and O–H groups in total. The molecule has 1 saturated heterocycles. The van der Waals surface area contributed by atoms with E-state index in [1.807, 2.05) is 13.0 Å². The van der Waals surface area contributed by atoms with Gasteiger partial charge in [0.25, 0.3) is 0 Å². The number of aryl methyl sites for hydroxylation is 1. The van der Waals surface area contributed by atoms with Crippen molar-refractivity contribution >= 4 is 16.3 Å². The summed E-state index contributed by atoms with van der Waals surface area (Å²) in [6, 6.07) is 6.50. The largest absolute Gasteiger partial charge is 0.492 e. The molecule has 1 aliphatic rings. The van der Waals surface area contributed by atoms with Crippen LogP contribution in [0.25, 0.3) is 4.96 Å². The minimum Gasteiger partial charge on any atom is -0.492 e. The second-order valence-corrected chi connectivity index (χ2v) is 7.04. The Morgan fingerprint density at radius 3 is 2.71 bits per heavy atom. The van der Waals surface area contributed by atoms with Crippen LogP contribution in [0.3, 0.4) is 0 Å². The molecule has 0 aliphatic carbocycles. The maximum Gasteiger partial charge on any atom is 0.230 e. The van der Waals surface area contributed by atoms with Crippen molar-refractivity contribution in [2.24, 2.45) is 0 Å². The minimum atomic E-state index is -0.299. The molecule has 126 valence electrons. The molecule has 0 bridgehead atoms. The van der Waals surface area contributed by atoms with Gasteiger partial charge in [-0.05, 0) is 32.0 Å². The molecule has 1 aromatic carbocycles. The average Bonchev–Trinajstić information content (AvgIpc) is 3.29. The van der Waals surface area contributed by atoms with Crippen LogP contribution in [-0.2, 0) is 6.42 Å². The van der Waals surface area contributed by atoms with E-state index in [2.05, 4.69) is 15.0 Å². The average molecular weight is 346 g/mol. The molecule has 7 heteroatoms. The van der Waals surface area contributed by atoms with Crippen LogP contribution < -0.4 is 0 Å². The number of rotatable bonds is 4. The normalized spacial score (nSPS) is 16.9. The summed E-state index contributed by atoms with van der Waals surface area (Å²) in [7, 11) is 0. The van der Waals surface area contributed by atoms with E-state index in [0.717, 1.165) is 25.9 Å². The van der Waals surface area contributed by atoms with Gasteiger partial charge in [-0.1, -0.05) is 36.5 Å². The van der Waals surface area contributed by atoms with Gasteiger partial charge in [0.2, 0.25) is 10.8 Å². The summed E-state index contributed by atoms with van der Waals surface area (Å²) in [5.74, 6) is 0.524. The van der Waals surface area contributed by atoms with Crippen molar-refractivity contribution in [3.8, 4) is 5.88 Å². The lowest BCUT2D eigenvalue weighted by Gasteiger charge is -2.27. The Balaban J connectivity index is 1.85. The lowest BCUT2D eigenvalue weighted by atomic mass is 10.0. The van der Waals surface area contributed by atoms with Crippen LogP contribution in [0.15, 0.2) is 24.3 Å². The minimum absolute atomic E-state index is 0.0716. The molecule has 1 atom stereocenters. The van der Waals surface area contributed by atoms with Crippen molar-refractivity contribution in [2.75, 3.05) is 13.1 Å². The smallest absolute Gasteiger partial charge is 0.230 e. The number of hydrogen-bond donors (Lipinski definition) is 1. The number of halogens is 1. The molecule has 5 nitrogen and oxygen atoms in total. The predicted octanol–water partition coefficient (Wildman–Crippen LogP) is 3.38. The molecule has 24 heavy (non-hydrogen) atoms. The van der Waals surface area contributed by atoms with Gasteiger partial charge in [-0.3, -0.25) is 4.90 Å². The summed E-state index contributed by atoms with van der Waals surface area (Å²) >= 11 is 1.39. The molecule has 2 aromatic heterocycles. The van der Waals surface area contributed by atoms with Crippen molar-refractivity contribution in [2.45, 2.75) is 32.2 Å². The molecule has 1 aliphatic heterocycles. The van der Waals surface area contributed by atoms with Gasteiger partial charge < -0.3 is 5.11 Å². The molecule has 0 saturated carbocycles. The van der Waals surface area contributed by atoms with Crippen LogP contribution in [0.2, 0.25) is 0 Å². The van der Waals surface area contributed by atoms with Gasteiger partial charge in [0.1, 0.15) is 5.82 Å². The first-order chi connectivity index (χ1) is 11.7. The Labute approximate surface area is 143 Å². The zero-order chi connectivity index (χ0) is 16.7. The van der Waals surface area contributed by atoms with E-state index in [9.17, 15) is 9.50 Å². The van der Waals surface area contributed by atoms with E-state index in [-0.39, 0.29) is 17.7 Å². The monoisotopic (exact) mass is 346 g/mol. The summed E-state index contributed by atoms with van der Waals surface area (Å²) in [6.45, 7) is 3.77. The highest BCUT2D eigenvalue weighted by molar-refractivity contribution is 7.17. The highest BCUT2D eigenvalue weighted by Crippen LogP contribution is 2.41. The molecule has 3 aromatic rings. The Hall–Kier alpha value is -1.99. The number of thiazole rings is 1. The Morgan fingerprint density at radius 2 is 2.04 bits per heavy atom. The third-order valence-electron chi connectivity index (χ3n) is 4.51. The highest BCUT2D eigenvalue weighted by atomic mass is 32.1. The number of benzene rings is 1. The Kier molecular flexibility index (Phi) is 3.97. The van der Waals surface area contributed by atoms with Crippen LogP contribution >= 0.6 is 11.3 Å². The summed E-state index contributed by atoms with van der Waals surface area (Å²) < 4.78 is 15.9. The van der Waals surface area contributed by atoms with E-state index >= 15 is 0 Å². The summed E-state index contributed by atoms with van der Waals surface area (Å²) in [4.78, 5) is 8.02. The van der Waals surface area contributed by atoms with Gasteiger partial charge in [-0.25, -0.2) is 9.37 Å². The van der Waals surface area contributed by atoms with Gasteiger partial charge in [-0.15, -0.1) is 5.10 Å². The van der Waals surface area contributed by atoms with E-state index in [1.165, 1.54) is 21.9 Å². The lowest BCUT2D eigenvalue weighted by molar-refractivity contribution is 0.271. The standard InChI is InChI=1S/C17H19FN4OS/c1-2-13-19-17-22(20-13)16(23)15(24-17)14(21-9-5-6-10-21)11-7-3-4-8-12(11)18/h3-4,7-8,14,23H,2,5-6,9-10H2,1H3/t14-/m1/s1. The third-order valence-corrected chi connectivity index (χ3v) is 5.59. The maximum atomic E-state index is 14.5. The molecule has 4 rings (SSSR count). The van der Waals surface area contributed by atoms with Crippen LogP contribution in [0, 0.1) is 5.82 Å². The van der Waals surface area contributed by atoms with Crippen molar-refractivity contribution in [3.05, 3.63) is 46.3 Å². The number of hydrogen-bond acceptors (Lipinski definition) is 5. The molecular weight excluding hydrogens is 327 g/mol. The predicted molar refractivity (Wildman–Crippen MR) is 91.0 cm³/mol. The zero-order valence-electron chi connectivity index (χ0n) is 13.4.